The number of halogens is 1. The van der Waals surface area contributed by atoms with Gasteiger partial charge in [-0.15, -0.1) is 0 Å². The Kier molecular flexibility index (Phi) is 7.08. The Hall–Kier alpha value is -1.57. The van der Waals surface area contributed by atoms with Crippen molar-refractivity contribution < 1.29 is 29.0 Å². The second kappa shape index (κ2) is 8.88. The number of ether oxygens (including phenoxy) is 2. The lowest BCUT2D eigenvalue weighted by Gasteiger charge is -2.49. The molecule has 4 atom stereocenters. The van der Waals surface area contributed by atoms with E-state index < -0.39 is 29.3 Å². The van der Waals surface area contributed by atoms with Crippen molar-refractivity contribution >= 4 is 34.5 Å². The number of rotatable bonds is 8. The van der Waals surface area contributed by atoms with Gasteiger partial charge in [0.05, 0.1) is 23.5 Å². The molecule has 0 heterocycles. The van der Waals surface area contributed by atoms with Crippen LogP contribution in [0.3, 0.4) is 0 Å². The number of carboxylic acids is 1. The van der Waals surface area contributed by atoms with Gasteiger partial charge in [0.25, 0.3) is 0 Å². The summed E-state index contributed by atoms with van der Waals surface area (Å²) in [7, 11) is 1.53. The fourth-order valence-electron chi connectivity index (χ4n) is 4.07. The van der Waals surface area contributed by atoms with E-state index in [1.165, 1.54) is 7.11 Å². The Morgan fingerprint density at radius 1 is 1.35 bits per heavy atom. The summed E-state index contributed by atoms with van der Waals surface area (Å²) in [5.41, 5.74) is -0.867. The molecular weight excluding hydrogens is 404 g/mol. The predicted molar refractivity (Wildman–Crippen MR) is 98.0 cm³/mol. The zero-order chi connectivity index (χ0) is 19.3. The zero-order valence-corrected chi connectivity index (χ0v) is 16.3. The van der Waals surface area contributed by atoms with Crippen LogP contribution < -0.4 is 0 Å². The quantitative estimate of drug-likeness (QED) is 0.507. The molecule has 1 fully saturated rings. The first-order valence-corrected chi connectivity index (χ1v) is 9.30. The highest BCUT2D eigenvalue weighted by Gasteiger charge is 2.58. The van der Waals surface area contributed by atoms with Gasteiger partial charge in [0, 0.05) is 24.1 Å². The summed E-state index contributed by atoms with van der Waals surface area (Å²) in [4.78, 5) is 35.8. The lowest BCUT2D eigenvalue weighted by atomic mass is 9.57. The molecule has 0 radical (unpaired) electrons. The number of methoxy groups -OCH3 is 1. The monoisotopic (exact) mass is 426 g/mol. The molecule has 1 aromatic rings. The van der Waals surface area contributed by atoms with Gasteiger partial charge in [0.15, 0.2) is 0 Å². The molecule has 1 saturated carbocycles. The number of carboxylic acid groups (broad SMARTS) is 1. The van der Waals surface area contributed by atoms with E-state index in [-0.39, 0.29) is 12.5 Å². The third-order valence-electron chi connectivity index (χ3n) is 5.24. The van der Waals surface area contributed by atoms with Crippen LogP contribution in [-0.2, 0) is 29.3 Å². The molecular formula is C19H23BrO6. The standard InChI is InChI=1S/C19H23BrO6/c1-3-26-17-15(25-2)8-9-19(18(23)24,16(17)12(10-21)11-22)13-4-6-14(20)7-5-13/h4-7,10-12,15-17H,3,8-9H2,1-2H3,(H,23,24)/t15-,16?,17?,19+/m1/s1. The maximum absolute atomic E-state index is 12.5. The van der Waals surface area contributed by atoms with Crippen LogP contribution in [-0.4, -0.2) is 49.6 Å². The highest BCUT2D eigenvalue weighted by Crippen LogP contribution is 2.49. The molecule has 2 rings (SSSR count). The van der Waals surface area contributed by atoms with E-state index in [0.29, 0.717) is 31.2 Å². The molecule has 7 heteroatoms. The summed E-state index contributed by atoms with van der Waals surface area (Å²) < 4.78 is 12.1. The third-order valence-corrected chi connectivity index (χ3v) is 5.77. The van der Waals surface area contributed by atoms with E-state index in [1.54, 1.807) is 31.2 Å². The third kappa shape index (κ3) is 3.61. The van der Waals surface area contributed by atoms with Crippen LogP contribution in [0.25, 0.3) is 0 Å². The van der Waals surface area contributed by atoms with E-state index in [1.807, 2.05) is 0 Å². The Morgan fingerprint density at radius 2 is 1.96 bits per heavy atom. The molecule has 0 saturated heterocycles. The Labute approximate surface area is 161 Å². The van der Waals surface area contributed by atoms with Crippen LogP contribution in [0.4, 0.5) is 0 Å². The van der Waals surface area contributed by atoms with E-state index in [2.05, 4.69) is 15.9 Å². The second-order valence-electron chi connectivity index (χ2n) is 6.39. The van der Waals surface area contributed by atoms with E-state index in [4.69, 9.17) is 9.47 Å². The van der Waals surface area contributed by atoms with Crippen LogP contribution in [0.15, 0.2) is 28.7 Å². The molecule has 0 aliphatic heterocycles. The number of benzene rings is 1. The summed E-state index contributed by atoms with van der Waals surface area (Å²) in [6, 6.07) is 6.94. The topological polar surface area (TPSA) is 89.9 Å². The van der Waals surface area contributed by atoms with E-state index in [0.717, 1.165) is 4.47 Å². The summed E-state index contributed by atoms with van der Waals surface area (Å²) in [6.45, 7) is 2.11. The van der Waals surface area contributed by atoms with E-state index >= 15 is 0 Å². The minimum Gasteiger partial charge on any atom is -0.481 e. The van der Waals surface area contributed by atoms with Crippen molar-refractivity contribution in [1.82, 2.24) is 0 Å². The summed E-state index contributed by atoms with van der Waals surface area (Å²) in [6.07, 6.45) is 0.653. The molecule has 1 aliphatic carbocycles. The highest BCUT2D eigenvalue weighted by molar-refractivity contribution is 9.10. The van der Waals surface area contributed by atoms with Crippen LogP contribution in [0, 0.1) is 11.8 Å². The lowest BCUT2D eigenvalue weighted by molar-refractivity contribution is -0.171. The largest absolute Gasteiger partial charge is 0.481 e. The molecule has 26 heavy (non-hydrogen) atoms. The van der Waals surface area contributed by atoms with Crippen molar-refractivity contribution in [2.24, 2.45) is 11.8 Å². The molecule has 1 aromatic carbocycles. The molecule has 1 N–H and O–H groups in total. The van der Waals surface area contributed by atoms with Crippen LogP contribution in [0.5, 0.6) is 0 Å². The highest BCUT2D eigenvalue weighted by atomic mass is 79.9. The number of aldehydes is 2. The van der Waals surface area contributed by atoms with Gasteiger partial charge in [0.2, 0.25) is 0 Å². The minimum absolute atomic E-state index is 0.245. The van der Waals surface area contributed by atoms with Crippen molar-refractivity contribution in [2.45, 2.75) is 37.4 Å². The molecule has 0 bridgehead atoms. The molecule has 2 unspecified atom stereocenters. The van der Waals surface area contributed by atoms with Gasteiger partial charge in [-0.2, -0.15) is 0 Å². The van der Waals surface area contributed by atoms with Crippen LogP contribution >= 0.6 is 15.9 Å². The smallest absolute Gasteiger partial charge is 0.314 e. The van der Waals surface area contributed by atoms with Gasteiger partial charge < -0.3 is 24.2 Å². The summed E-state index contributed by atoms with van der Waals surface area (Å²) >= 11 is 3.35. The van der Waals surface area contributed by atoms with Gasteiger partial charge in [-0.1, -0.05) is 28.1 Å². The SMILES string of the molecule is CCOC1C(C(C=O)C=O)[C@@](C(=O)O)(c2ccc(Br)cc2)CC[C@H]1OC. The Morgan fingerprint density at radius 3 is 2.42 bits per heavy atom. The average molecular weight is 427 g/mol. The van der Waals surface area contributed by atoms with Gasteiger partial charge in [-0.05, 0) is 37.5 Å². The van der Waals surface area contributed by atoms with Gasteiger partial charge >= 0.3 is 5.97 Å². The van der Waals surface area contributed by atoms with Crippen LogP contribution in [0.2, 0.25) is 0 Å². The fourth-order valence-corrected chi connectivity index (χ4v) is 4.34. The average Bonchev–Trinajstić information content (AvgIpc) is 2.64. The van der Waals surface area contributed by atoms with Gasteiger partial charge in [-0.3, -0.25) is 4.79 Å². The normalized spacial score (nSPS) is 28.7. The van der Waals surface area contributed by atoms with Crippen molar-refractivity contribution in [3.63, 3.8) is 0 Å². The van der Waals surface area contributed by atoms with Crippen molar-refractivity contribution in [3.8, 4) is 0 Å². The second-order valence-corrected chi connectivity index (χ2v) is 7.31. The number of carbonyl (C=O) groups is 3. The number of aliphatic carboxylic acids is 1. The van der Waals surface area contributed by atoms with E-state index in [9.17, 15) is 19.5 Å². The van der Waals surface area contributed by atoms with Crippen LogP contribution in [0.1, 0.15) is 25.3 Å². The maximum Gasteiger partial charge on any atom is 0.314 e. The van der Waals surface area contributed by atoms with Gasteiger partial charge in [-0.25, -0.2) is 0 Å². The zero-order valence-electron chi connectivity index (χ0n) is 14.8. The van der Waals surface area contributed by atoms with Crippen molar-refractivity contribution in [2.75, 3.05) is 13.7 Å². The maximum atomic E-state index is 12.5. The number of hydrogen-bond donors (Lipinski definition) is 1. The molecule has 6 nitrogen and oxygen atoms in total. The molecule has 0 amide bonds. The minimum atomic E-state index is -1.41. The molecule has 0 spiro atoms. The van der Waals surface area contributed by atoms with Gasteiger partial charge in [0.1, 0.15) is 12.6 Å². The number of hydrogen-bond acceptors (Lipinski definition) is 5. The first-order chi connectivity index (χ1) is 12.5. The lowest BCUT2D eigenvalue weighted by Crippen LogP contribution is -2.59. The number of carbonyl (C=O) groups excluding carboxylic acids is 2. The first-order valence-electron chi connectivity index (χ1n) is 8.50. The fraction of sp³-hybridized carbons (Fsp3) is 0.526. The van der Waals surface area contributed by atoms with Crippen molar-refractivity contribution in [1.29, 1.82) is 0 Å². The Balaban J connectivity index is 2.69. The first kappa shape index (κ1) is 20.7. The Bertz CT molecular complexity index is 638. The molecule has 1 aliphatic rings. The predicted octanol–water partition coefficient (Wildman–Crippen LogP) is 2.62. The van der Waals surface area contributed by atoms with Crippen molar-refractivity contribution in [3.05, 3.63) is 34.3 Å². The summed E-state index contributed by atoms with van der Waals surface area (Å²) in [5.74, 6) is -3.04. The molecule has 142 valence electrons. The molecule has 0 aromatic heterocycles. The summed E-state index contributed by atoms with van der Waals surface area (Å²) in [5, 5.41) is 10.2.